The van der Waals surface area contributed by atoms with Crippen LogP contribution in [0.3, 0.4) is 0 Å². The first kappa shape index (κ1) is 19.5. The number of rotatable bonds is 6. The van der Waals surface area contributed by atoms with Crippen LogP contribution in [0.15, 0.2) is 48.0 Å². The molecule has 0 aliphatic heterocycles. The zero-order chi connectivity index (χ0) is 15.8. The Balaban J connectivity index is 0.00000264. The number of para-hydroxylation sites is 1. The predicted octanol–water partition coefficient (Wildman–Crippen LogP) is 3.30. The van der Waals surface area contributed by atoms with Gasteiger partial charge in [-0.2, -0.15) is 0 Å². The molecule has 2 rings (SSSR count). The summed E-state index contributed by atoms with van der Waals surface area (Å²) in [6.45, 7) is 3.95. The summed E-state index contributed by atoms with van der Waals surface area (Å²) < 4.78 is 2.03. The molecule has 0 amide bonds. The molecule has 0 aliphatic carbocycles. The number of unbranched alkanes of at least 4 members (excludes halogenated alkanes) is 1. The summed E-state index contributed by atoms with van der Waals surface area (Å²) in [4.78, 5) is 10.7. The minimum Gasteiger partial charge on any atom is -0.352 e. The lowest BCUT2D eigenvalue weighted by Crippen LogP contribution is -2.39. The molecule has 0 radical (unpaired) electrons. The van der Waals surface area contributed by atoms with Crippen LogP contribution in [0.4, 0.5) is 0 Å². The maximum Gasteiger partial charge on any atom is 0.193 e. The van der Waals surface area contributed by atoms with Crippen molar-refractivity contribution in [2.75, 3.05) is 20.6 Å². The first-order valence-corrected chi connectivity index (χ1v) is 7.74. The molecule has 1 aromatic heterocycles. The Morgan fingerprint density at radius 1 is 1.35 bits per heavy atom. The summed E-state index contributed by atoms with van der Waals surface area (Å²) in [7, 11) is 3.90. The Labute approximate surface area is 155 Å². The molecule has 0 saturated heterocycles. The van der Waals surface area contributed by atoms with Gasteiger partial charge in [-0.3, -0.25) is 4.99 Å². The molecule has 0 spiro atoms. The maximum atomic E-state index is 4.36. The van der Waals surface area contributed by atoms with Crippen molar-refractivity contribution in [3.8, 4) is 5.69 Å². The molecule has 6 heteroatoms. The summed E-state index contributed by atoms with van der Waals surface area (Å²) in [5.41, 5.74) is 2.35. The van der Waals surface area contributed by atoms with E-state index in [2.05, 4.69) is 52.4 Å². The second-order valence-corrected chi connectivity index (χ2v) is 5.27. The number of guanidine groups is 1. The number of aliphatic imine (C=N–C) groups is 1. The first-order chi connectivity index (χ1) is 10.8. The van der Waals surface area contributed by atoms with Gasteiger partial charge in [-0.15, -0.1) is 24.0 Å². The smallest absolute Gasteiger partial charge is 0.193 e. The Bertz CT molecular complexity index is 595. The topological polar surface area (TPSA) is 45.5 Å². The van der Waals surface area contributed by atoms with E-state index in [9.17, 15) is 0 Å². The van der Waals surface area contributed by atoms with E-state index in [-0.39, 0.29) is 24.0 Å². The number of hydrogen-bond donors (Lipinski definition) is 1. The fraction of sp³-hybridized carbons (Fsp3) is 0.412. The Morgan fingerprint density at radius 3 is 2.78 bits per heavy atom. The van der Waals surface area contributed by atoms with Crippen molar-refractivity contribution in [2.24, 2.45) is 4.99 Å². The van der Waals surface area contributed by atoms with Crippen molar-refractivity contribution in [2.45, 2.75) is 26.3 Å². The lowest BCUT2D eigenvalue weighted by Gasteiger charge is -2.22. The van der Waals surface area contributed by atoms with Crippen molar-refractivity contribution >= 4 is 29.9 Å². The van der Waals surface area contributed by atoms with E-state index < -0.39 is 0 Å². The van der Waals surface area contributed by atoms with Gasteiger partial charge < -0.3 is 14.8 Å². The lowest BCUT2D eigenvalue weighted by molar-refractivity contribution is 0.464. The van der Waals surface area contributed by atoms with Gasteiger partial charge in [0, 0.05) is 39.6 Å². The molecule has 0 aliphatic rings. The summed E-state index contributed by atoms with van der Waals surface area (Å²) in [6, 6.07) is 8.33. The van der Waals surface area contributed by atoms with E-state index in [0.717, 1.165) is 24.7 Å². The second kappa shape index (κ2) is 10.3. The van der Waals surface area contributed by atoms with Crippen LogP contribution in [0.5, 0.6) is 0 Å². The highest BCUT2D eigenvalue weighted by Gasteiger charge is 2.07. The van der Waals surface area contributed by atoms with E-state index in [4.69, 9.17) is 0 Å². The van der Waals surface area contributed by atoms with Crippen LogP contribution in [0.1, 0.15) is 25.3 Å². The van der Waals surface area contributed by atoms with Gasteiger partial charge in [0.25, 0.3) is 0 Å². The number of aromatic nitrogens is 2. The number of nitrogens with zero attached hydrogens (tertiary/aromatic N) is 4. The Hall–Kier alpha value is -1.57. The van der Waals surface area contributed by atoms with Crippen LogP contribution in [0, 0.1) is 0 Å². The van der Waals surface area contributed by atoms with Gasteiger partial charge >= 0.3 is 0 Å². The molecule has 1 heterocycles. The van der Waals surface area contributed by atoms with Crippen molar-refractivity contribution in [1.29, 1.82) is 0 Å². The van der Waals surface area contributed by atoms with Crippen LogP contribution in [0.2, 0.25) is 0 Å². The van der Waals surface area contributed by atoms with Crippen molar-refractivity contribution < 1.29 is 0 Å². The zero-order valence-corrected chi connectivity index (χ0v) is 16.4. The monoisotopic (exact) mass is 427 g/mol. The third-order valence-electron chi connectivity index (χ3n) is 3.63. The molecule has 0 atom stereocenters. The fourth-order valence-corrected chi connectivity index (χ4v) is 2.37. The minimum atomic E-state index is 0. The number of halogens is 1. The number of hydrogen-bond acceptors (Lipinski definition) is 2. The summed E-state index contributed by atoms with van der Waals surface area (Å²) in [5, 5.41) is 3.44. The summed E-state index contributed by atoms with van der Waals surface area (Å²) in [6.07, 6.45) is 7.93. The van der Waals surface area contributed by atoms with Crippen molar-refractivity contribution in [3.63, 3.8) is 0 Å². The average Bonchev–Trinajstić information content (AvgIpc) is 3.08. The number of imidazole rings is 1. The van der Waals surface area contributed by atoms with Gasteiger partial charge in [0.15, 0.2) is 5.96 Å². The summed E-state index contributed by atoms with van der Waals surface area (Å²) >= 11 is 0. The number of nitrogens with one attached hydrogen (secondary N) is 1. The molecule has 0 unspecified atom stereocenters. The normalized spacial score (nSPS) is 11.0. The molecular formula is C17H26IN5. The van der Waals surface area contributed by atoms with Gasteiger partial charge in [0.2, 0.25) is 0 Å². The van der Waals surface area contributed by atoms with Gasteiger partial charge in [-0.25, -0.2) is 4.98 Å². The molecule has 5 nitrogen and oxygen atoms in total. The van der Waals surface area contributed by atoms with Crippen molar-refractivity contribution in [3.05, 3.63) is 48.5 Å². The second-order valence-electron chi connectivity index (χ2n) is 5.27. The van der Waals surface area contributed by atoms with E-state index >= 15 is 0 Å². The minimum absolute atomic E-state index is 0. The van der Waals surface area contributed by atoms with Gasteiger partial charge in [-0.05, 0) is 18.1 Å². The third kappa shape index (κ3) is 5.53. The zero-order valence-electron chi connectivity index (χ0n) is 14.1. The van der Waals surface area contributed by atoms with Gasteiger partial charge in [-0.1, -0.05) is 31.5 Å². The maximum absolute atomic E-state index is 4.36. The molecular weight excluding hydrogens is 401 g/mol. The highest BCUT2D eigenvalue weighted by Crippen LogP contribution is 2.13. The van der Waals surface area contributed by atoms with E-state index in [0.29, 0.717) is 0 Å². The van der Waals surface area contributed by atoms with Crippen LogP contribution in [-0.2, 0) is 6.54 Å². The Morgan fingerprint density at radius 2 is 2.13 bits per heavy atom. The van der Waals surface area contributed by atoms with Gasteiger partial charge in [0.05, 0.1) is 12.0 Å². The quantitative estimate of drug-likeness (QED) is 0.437. The predicted molar refractivity (Wildman–Crippen MR) is 107 cm³/mol. The van der Waals surface area contributed by atoms with Crippen LogP contribution < -0.4 is 5.32 Å². The molecule has 1 aromatic carbocycles. The standard InChI is InChI=1S/C17H25N5.HI/c1-4-5-11-21(3)17(18-2)20-13-15-8-6-7-9-16(15)22-12-10-19-14-22;/h6-10,12,14H,4-5,11,13H2,1-3H3,(H,18,20);1H. The fourth-order valence-electron chi connectivity index (χ4n) is 2.37. The molecule has 1 N–H and O–H groups in total. The molecule has 0 fully saturated rings. The third-order valence-corrected chi connectivity index (χ3v) is 3.63. The first-order valence-electron chi connectivity index (χ1n) is 7.74. The largest absolute Gasteiger partial charge is 0.352 e. The van der Waals surface area contributed by atoms with Crippen LogP contribution in [0.25, 0.3) is 5.69 Å². The van der Waals surface area contributed by atoms with Gasteiger partial charge in [0.1, 0.15) is 0 Å². The van der Waals surface area contributed by atoms with Crippen molar-refractivity contribution in [1.82, 2.24) is 19.8 Å². The average molecular weight is 427 g/mol. The SMILES string of the molecule is CCCCN(C)C(=NC)NCc1ccccc1-n1ccnc1.I. The van der Waals surface area contributed by atoms with Crippen LogP contribution in [-0.4, -0.2) is 41.1 Å². The molecule has 23 heavy (non-hydrogen) atoms. The van der Waals surface area contributed by atoms with E-state index in [1.807, 2.05) is 30.2 Å². The lowest BCUT2D eigenvalue weighted by atomic mass is 10.1. The highest BCUT2D eigenvalue weighted by molar-refractivity contribution is 14.0. The van der Waals surface area contributed by atoms with Crippen LogP contribution >= 0.6 is 24.0 Å². The molecule has 0 saturated carbocycles. The summed E-state index contributed by atoms with van der Waals surface area (Å²) in [5.74, 6) is 0.925. The van der Waals surface area contributed by atoms with E-state index in [1.165, 1.54) is 18.4 Å². The Kier molecular flexibility index (Phi) is 8.68. The molecule has 126 valence electrons. The highest BCUT2D eigenvalue weighted by atomic mass is 127. The van der Waals surface area contributed by atoms with E-state index in [1.54, 1.807) is 6.20 Å². The molecule has 2 aromatic rings. The molecule has 0 bridgehead atoms. The number of benzene rings is 1.